The van der Waals surface area contributed by atoms with Crippen molar-refractivity contribution < 1.29 is 27.5 Å². The number of alkyl halides is 3. The van der Waals surface area contributed by atoms with Crippen LogP contribution in [0.4, 0.5) is 24.5 Å². The number of benzene rings is 2. The van der Waals surface area contributed by atoms with Gasteiger partial charge >= 0.3 is 6.18 Å². The Kier molecular flexibility index (Phi) is 6.10. The normalized spacial score (nSPS) is 20.2. The van der Waals surface area contributed by atoms with Crippen molar-refractivity contribution in [2.24, 2.45) is 0 Å². The summed E-state index contributed by atoms with van der Waals surface area (Å²) in [4.78, 5) is 30.7. The molecule has 2 saturated heterocycles. The Hall–Kier alpha value is -3.07. The Labute approximate surface area is 184 Å². The molecule has 1 atom stereocenters. The molecule has 2 amide bonds. The van der Waals surface area contributed by atoms with E-state index in [1.807, 2.05) is 16.7 Å². The van der Waals surface area contributed by atoms with Gasteiger partial charge in [0.15, 0.2) is 0 Å². The van der Waals surface area contributed by atoms with Gasteiger partial charge in [0.2, 0.25) is 5.91 Å². The van der Waals surface area contributed by atoms with E-state index < -0.39 is 17.8 Å². The summed E-state index contributed by atoms with van der Waals surface area (Å²) >= 11 is 0. The van der Waals surface area contributed by atoms with Crippen LogP contribution in [0.3, 0.4) is 0 Å². The van der Waals surface area contributed by atoms with E-state index in [0.29, 0.717) is 49.9 Å². The second-order valence-electron chi connectivity index (χ2n) is 7.79. The number of nitrogens with zero attached hydrogens (tertiary/aromatic N) is 3. The maximum atomic E-state index is 13.1. The van der Waals surface area contributed by atoms with Crippen LogP contribution in [-0.4, -0.2) is 55.5 Å². The van der Waals surface area contributed by atoms with E-state index in [4.69, 9.17) is 4.74 Å². The van der Waals surface area contributed by atoms with Crippen LogP contribution in [0.15, 0.2) is 48.5 Å². The number of imide groups is 1. The smallest absolute Gasteiger partial charge is 0.416 e. The number of amides is 2. The third kappa shape index (κ3) is 4.43. The molecule has 9 heteroatoms. The lowest BCUT2D eigenvalue weighted by atomic mass is 10.1. The minimum atomic E-state index is -4.39. The Balaban J connectivity index is 1.43. The molecule has 0 radical (unpaired) electrons. The van der Waals surface area contributed by atoms with Crippen molar-refractivity contribution in [3.05, 3.63) is 54.1 Å². The summed E-state index contributed by atoms with van der Waals surface area (Å²) in [7, 11) is 0. The van der Waals surface area contributed by atoms with E-state index in [9.17, 15) is 22.8 Å². The first-order valence-electron chi connectivity index (χ1n) is 10.5. The van der Waals surface area contributed by atoms with Crippen LogP contribution in [0.2, 0.25) is 0 Å². The summed E-state index contributed by atoms with van der Waals surface area (Å²) in [6.07, 6.45) is -4.31. The van der Waals surface area contributed by atoms with Crippen molar-refractivity contribution in [3.8, 4) is 5.75 Å². The van der Waals surface area contributed by atoms with Gasteiger partial charge in [-0.25, -0.2) is 4.90 Å². The molecule has 0 N–H and O–H groups in total. The van der Waals surface area contributed by atoms with Crippen molar-refractivity contribution in [2.75, 3.05) is 42.6 Å². The van der Waals surface area contributed by atoms with Crippen molar-refractivity contribution in [1.29, 1.82) is 0 Å². The van der Waals surface area contributed by atoms with Gasteiger partial charge < -0.3 is 9.64 Å². The molecule has 4 rings (SSSR count). The van der Waals surface area contributed by atoms with Crippen molar-refractivity contribution in [2.45, 2.75) is 25.6 Å². The summed E-state index contributed by atoms with van der Waals surface area (Å²) in [5.41, 5.74) is 0.303. The molecule has 2 heterocycles. The van der Waals surface area contributed by atoms with E-state index in [0.717, 1.165) is 12.1 Å². The van der Waals surface area contributed by atoms with Gasteiger partial charge in [-0.3, -0.25) is 14.5 Å². The molecule has 0 aliphatic carbocycles. The zero-order valence-corrected chi connectivity index (χ0v) is 17.6. The molecule has 2 aliphatic heterocycles. The van der Waals surface area contributed by atoms with Gasteiger partial charge in [-0.2, -0.15) is 13.2 Å². The number of hydrogen-bond donors (Lipinski definition) is 0. The number of halogens is 3. The van der Waals surface area contributed by atoms with E-state index in [1.165, 1.54) is 11.0 Å². The highest BCUT2D eigenvalue weighted by Crippen LogP contribution is 2.33. The molecule has 0 aromatic heterocycles. The highest BCUT2D eigenvalue weighted by Gasteiger charge is 2.43. The number of carbonyl (C=O) groups is 2. The predicted octanol–water partition coefficient (Wildman–Crippen LogP) is 3.56. The van der Waals surface area contributed by atoms with Crippen molar-refractivity contribution in [1.82, 2.24) is 4.90 Å². The molecule has 170 valence electrons. The highest BCUT2D eigenvalue weighted by molar-refractivity contribution is 6.22. The van der Waals surface area contributed by atoms with Crippen LogP contribution in [0.1, 0.15) is 18.9 Å². The minimum Gasteiger partial charge on any atom is -0.494 e. The summed E-state index contributed by atoms with van der Waals surface area (Å²) in [5.74, 6) is 0.0360. The summed E-state index contributed by atoms with van der Waals surface area (Å²) < 4.78 is 44.5. The first-order chi connectivity index (χ1) is 15.3. The van der Waals surface area contributed by atoms with E-state index in [-0.39, 0.29) is 18.2 Å². The third-order valence-corrected chi connectivity index (χ3v) is 5.80. The number of hydrogen-bond acceptors (Lipinski definition) is 5. The fourth-order valence-electron chi connectivity index (χ4n) is 4.22. The average Bonchev–Trinajstić information content (AvgIpc) is 3.08. The molecule has 2 aromatic carbocycles. The fourth-order valence-corrected chi connectivity index (χ4v) is 4.22. The highest BCUT2D eigenvalue weighted by atomic mass is 19.4. The molecule has 6 nitrogen and oxygen atoms in total. The van der Waals surface area contributed by atoms with Crippen LogP contribution in [0.25, 0.3) is 0 Å². The molecule has 2 aromatic rings. The lowest BCUT2D eigenvalue weighted by Gasteiger charge is -2.38. The number of piperazine rings is 1. The maximum Gasteiger partial charge on any atom is 0.416 e. The van der Waals surface area contributed by atoms with Gasteiger partial charge in [-0.15, -0.1) is 0 Å². The topological polar surface area (TPSA) is 53.1 Å². The molecular weight excluding hydrogens is 423 g/mol. The van der Waals surface area contributed by atoms with Crippen molar-refractivity contribution >= 4 is 23.2 Å². The first kappa shape index (κ1) is 22.1. The standard InChI is InChI=1S/C23H24F3N3O3/c1-2-32-19-8-4-7-18(14-19)29-21(30)15-20(22(29)31)28-11-9-27(10-12-28)17-6-3-5-16(13-17)23(24,25)26/h3-8,13-14,20H,2,9-12,15H2,1H3/t20-/m0/s1. The van der Waals surface area contributed by atoms with Gasteiger partial charge in [0.25, 0.3) is 5.91 Å². The summed E-state index contributed by atoms with van der Waals surface area (Å²) in [5, 5.41) is 0. The fraction of sp³-hybridized carbons (Fsp3) is 0.391. The average molecular weight is 447 g/mol. The second-order valence-corrected chi connectivity index (χ2v) is 7.79. The van der Waals surface area contributed by atoms with Gasteiger partial charge in [0, 0.05) is 37.9 Å². The third-order valence-electron chi connectivity index (χ3n) is 5.80. The number of anilines is 2. The van der Waals surface area contributed by atoms with Gasteiger partial charge in [-0.05, 0) is 37.3 Å². The lowest BCUT2D eigenvalue weighted by molar-refractivity contribution is -0.137. The van der Waals surface area contributed by atoms with Crippen LogP contribution < -0.4 is 14.5 Å². The SMILES string of the molecule is CCOc1cccc(N2C(=O)C[C@H](N3CCN(c4cccc(C(F)(F)F)c4)CC3)C2=O)c1. The first-order valence-corrected chi connectivity index (χ1v) is 10.5. The second kappa shape index (κ2) is 8.82. The van der Waals surface area contributed by atoms with E-state index >= 15 is 0 Å². The molecule has 32 heavy (non-hydrogen) atoms. The minimum absolute atomic E-state index is 0.0846. The largest absolute Gasteiger partial charge is 0.494 e. The number of carbonyl (C=O) groups excluding carboxylic acids is 2. The van der Waals surface area contributed by atoms with Crippen LogP contribution in [0, 0.1) is 0 Å². The molecule has 0 saturated carbocycles. The molecule has 2 fully saturated rings. The molecular formula is C23H24F3N3O3. The van der Waals surface area contributed by atoms with Crippen molar-refractivity contribution in [3.63, 3.8) is 0 Å². The zero-order chi connectivity index (χ0) is 22.9. The predicted molar refractivity (Wildman–Crippen MR) is 114 cm³/mol. The van der Waals surface area contributed by atoms with Gasteiger partial charge in [0.05, 0.1) is 30.3 Å². The summed E-state index contributed by atoms with van der Waals surface area (Å²) in [6.45, 7) is 4.23. The quantitative estimate of drug-likeness (QED) is 0.657. The van der Waals surface area contributed by atoms with Gasteiger partial charge in [0.1, 0.15) is 5.75 Å². The Morgan fingerprint density at radius 3 is 2.34 bits per heavy atom. The molecule has 0 bridgehead atoms. The Morgan fingerprint density at radius 1 is 0.969 bits per heavy atom. The number of rotatable bonds is 5. The lowest BCUT2D eigenvalue weighted by Crippen LogP contribution is -2.52. The van der Waals surface area contributed by atoms with E-state index in [1.54, 1.807) is 30.3 Å². The van der Waals surface area contributed by atoms with E-state index in [2.05, 4.69) is 0 Å². The van der Waals surface area contributed by atoms with Crippen LogP contribution >= 0.6 is 0 Å². The molecule has 0 spiro atoms. The zero-order valence-electron chi connectivity index (χ0n) is 17.6. The number of ether oxygens (including phenoxy) is 1. The monoisotopic (exact) mass is 447 g/mol. The van der Waals surface area contributed by atoms with Gasteiger partial charge in [-0.1, -0.05) is 12.1 Å². The molecule has 0 unspecified atom stereocenters. The van der Waals surface area contributed by atoms with Crippen LogP contribution in [0.5, 0.6) is 5.75 Å². The summed E-state index contributed by atoms with van der Waals surface area (Å²) in [6, 6.07) is 11.6. The Bertz CT molecular complexity index is 1000. The maximum absolute atomic E-state index is 13.1. The Morgan fingerprint density at radius 2 is 1.66 bits per heavy atom. The molecule has 2 aliphatic rings. The van der Waals surface area contributed by atoms with Crippen LogP contribution in [-0.2, 0) is 15.8 Å².